The fourth-order valence-electron chi connectivity index (χ4n) is 4.39. The summed E-state index contributed by atoms with van der Waals surface area (Å²) in [5.74, 6) is 3.57. The van der Waals surface area contributed by atoms with Crippen molar-refractivity contribution in [3.05, 3.63) is 71.1 Å². The van der Waals surface area contributed by atoms with E-state index in [1.807, 2.05) is 63.4 Å². The average molecular weight is 551 g/mol. The molecule has 0 radical (unpaired) electrons. The number of ether oxygens (including phenoxy) is 3. The van der Waals surface area contributed by atoms with Gasteiger partial charge in [0.15, 0.2) is 0 Å². The molecule has 8 heteroatoms. The molecule has 7 nitrogen and oxygen atoms in total. The minimum atomic E-state index is -0.479. The maximum Gasteiger partial charge on any atom is 0.410 e. The van der Waals surface area contributed by atoms with Crippen LogP contribution in [0.2, 0.25) is 0 Å². The normalized spacial score (nSPS) is 14.2. The molecule has 208 valence electrons. The van der Waals surface area contributed by atoms with Gasteiger partial charge in [0.1, 0.15) is 22.8 Å². The first-order valence-electron chi connectivity index (χ1n) is 13.4. The molecule has 4 rings (SSSR count). The van der Waals surface area contributed by atoms with Crippen LogP contribution in [0.5, 0.6) is 17.2 Å². The molecule has 1 saturated heterocycles. The van der Waals surface area contributed by atoms with Crippen molar-refractivity contribution in [3.8, 4) is 28.4 Å². The summed E-state index contributed by atoms with van der Waals surface area (Å²) in [6.07, 6.45) is 3.37. The van der Waals surface area contributed by atoms with E-state index in [4.69, 9.17) is 14.2 Å². The lowest BCUT2D eigenvalue weighted by atomic mass is 9.98. The highest BCUT2D eigenvalue weighted by atomic mass is 32.2. The Morgan fingerprint density at radius 1 is 1.00 bits per heavy atom. The zero-order valence-corrected chi connectivity index (χ0v) is 24.3. The second-order valence-electron chi connectivity index (χ2n) is 10.8. The van der Waals surface area contributed by atoms with Gasteiger partial charge in [0.05, 0.1) is 6.61 Å². The van der Waals surface area contributed by atoms with Gasteiger partial charge in [-0.1, -0.05) is 6.92 Å². The minimum absolute atomic E-state index is 0.0514. The lowest BCUT2D eigenvalue weighted by molar-refractivity contribution is 0.0165. The number of carbonyl (C=O) groups is 1. The zero-order chi connectivity index (χ0) is 28.0. The summed E-state index contributed by atoms with van der Waals surface area (Å²) in [4.78, 5) is 27.1. The standard InChI is InChI=1S/C31H38N2O5S/c1-6-39-26-12-13-28(27(19-26)23-7-14-29(34)32(5)20-23)37-25-10-8-24(9-11-25)36-21-22-15-17-33(18-16-22)30(35)38-31(2,3)4/h7-14,19-20,22H,6,15-18,21H2,1-5H3. The van der Waals surface area contributed by atoms with Crippen LogP contribution >= 0.6 is 11.8 Å². The summed E-state index contributed by atoms with van der Waals surface area (Å²) in [6.45, 7) is 9.75. The minimum Gasteiger partial charge on any atom is -0.493 e. The van der Waals surface area contributed by atoms with Crippen molar-refractivity contribution >= 4 is 17.9 Å². The van der Waals surface area contributed by atoms with Crippen LogP contribution < -0.4 is 15.0 Å². The predicted molar refractivity (Wildman–Crippen MR) is 156 cm³/mol. The Morgan fingerprint density at radius 3 is 2.33 bits per heavy atom. The molecular formula is C31H38N2O5S. The van der Waals surface area contributed by atoms with E-state index in [9.17, 15) is 9.59 Å². The fraction of sp³-hybridized carbons (Fsp3) is 0.419. The number of carbonyl (C=O) groups excluding carboxylic acids is 1. The van der Waals surface area contributed by atoms with Gasteiger partial charge in [-0.15, -0.1) is 11.8 Å². The third-order valence-electron chi connectivity index (χ3n) is 6.46. The monoisotopic (exact) mass is 550 g/mol. The first kappa shape index (κ1) is 28.6. The van der Waals surface area contributed by atoms with Gasteiger partial charge in [0.2, 0.25) is 5.56 Å². The van der Waals surface area contributed by atoms with Crippen LogP contribution in [0.15, 0.2) is 70.5 Å². The van der Waals surface area contributed by atoms with Gasteiger partial charge in [0.25, 0.3) is 0 Å². The van der Waals surface area contributed by atoms with Crippen LogP contribution in [-0.4, -0.2) is 46.6 Å². The predicted octanol–water partition coefficient (Wildman–Crippen LogP) is 6.98. The lowest BCUT2D eigenvalue weighted by Gasteiger charge is -2.33. The SMILES string of the molecule is CCSc1ccc(Oc2ccc(OCC3CCN(C(=O)OC(C)(C)C)CC3)cc2)c(-c2ccc(=O)n(C)c2)c1. The van der Waals surface area contributed by atoms with Crippen molar-refractivity contribution in [2.24, 2.45) is 13.0 Å². The molecular weight excluding hydrogens is 512 g/mol. The molecule has 0 atom stereocenters. The Bertz CT molecular complexity index is 1320. The summed E-state index contributed by atoms with van der Waals surface area (Å²) >= 11 is 1.76. The third-order valence-corrected chi connectivity index (χ3v) is 7.34. The maximum absolute atomic E-state index is 12.3. The highest BCUT2D eigenvalue weighted by Gasteiger charge is 2.27. The Hall–Kier alpha value is -3.39. The quantitative estimate of drug-likeness (QED) is 0.282. The summed E-state index contributed by atoms with van der Waals surface area (Å²) in [6, 6.07) is 17.2. The highest BCUT2D eigenvalue weighted by Crippen LogP contribution is 2.36. The zero-order valence-electron chi connectivity index (χ0n) is 23.4. The summed E-state index contributed by atoms with van der Waals surface area (Å²) in [7, 11) is 1.75. The number of benzene rings is 2. The molecule has 2 heterocycles. The number of aromatic nitrogens is 1. The number of hydrogen-bond acceptors (Lipinski definition) is 6. The van der Waals surface area contributed by atoms with E-state index in [0.717, 1.165) is 46.1 Å². The van der Waals surface area contributed by atoms with Crippen LogP contribution in [0.25, 0.3) is 11.1 Å². The number of thioether (sulfide) groups is 1. The summed E-state index contributed by atoms with van der Waals surface area (Å²) < 4.78 is 19.4. The second-order valence-corrected chi connectivity index (χ2v) is 12.1. The van der Waals surface area contributed by atoms with Gasteiger partial charge in [-0.2, -0.15) is 0 Å². The number of aryl methyl sites for hydroxylation is 1. The molecule has 0 aliphatic carbocycles. The van der Waals surface area contributed by atoms with Gasteiger partial charge in [-0.05, 0) is 93.8 Å². The second kappa shape index (κ2) is 12.6. The smallest absolute Gasteiger partial charge is 0.410 e. The van der Waals surface area contributed by atoms with Gasteiger partial charge in [-0.25, -0.2) is 4.79 Å². The topological polar surface area (TPSA) is 70.0 Å². The van der Waals surface area contributed by atoms with Crippen molar-refractivity contribution < 1.29 is 19.0 Å². The van der Waals surface area contributed by atoms with Crippen molar-refractivity contribution in [2.75, 3.05) is 25.4 Å². The van der Waals surface area contributed by atoms with Crippen molar-refractivity contribution in [2.45, 2.75) is 51.0 Å². The Balaban J connectivity index is 1.36. The number of piperidine rings is 1. The highest BCUT2D eigenvalue weighted by molar-refractivity contribution is 7.99. The van der Waals surface area contributed by atoms with Crippen molar-refractivity contribution in [3.63, 3.8) is 0 Å². The Morgan fingerprint density at radius 2 is 1.69 bits per heavy atom. The van der Waals surface area contributed by atoms with Crippen LogP contribution in [0.1, 0.15) is 40.5 Å². The summed E-state index contributed by atoms with van der Waals surface area (Å²) in [5.41, 5.74) is 1.32. The molecule has 0 saturated carbocycles. The van der Waals surface area contributed by atoms with Gasteiger partial charge < -0.3 is 23.7 Å². The first-order valence-corrected chi connectivity index (χ1v) is 14.4. The molecule has 1 aromatic heterocycles. The number of pyridine rings is 1. The number of likely N-dealkylation sites (tertiary alicyclic amines) is 1. The largest absolute Gasteiger partial charge is 0.493 e. The van der Waals surface area contributed by atoms with E-state index in [1.54, 1.807) is 34.3 Å². The molecule has 0 bridgehead atoms. The van der Waals surface area contributed by atoms with Crippen LogP contribution in [-0.2, 0) is 11.8 Å². The molecule has 0 spiro atoms. The molecule has 1 aliphatic rings. The lowest BCUT2D eigenvalue weighted by Crippen LogP contribution is -2.42. The van der Waals surface area contributed by atoms with Crippen molar-refractivity contribution in [1.29, 1.82) is 0 Å². The first-order chi connectivity index (χ1) is 18.6. The number of amides is 1. The number of rotatable bonds is 8. The number of nitrogens with zero attached hydrogens (tertiary/aromatic N) is 2. The molecule has 0 N–H and O–H groups in total. The van der Waals surface area contributed by atoms with Crippen LogP contribution in [0.3, 0.4) is 0 Å². The average Bonchev–Trinajstić information content (AvgIpc) is 2.90. The van der Waals surface area contributed by atoms with E-state index in [0.29, 0.717) is 31.4 Å². The van der Waals surface area contributed by atoms with E-state index >= 15 is 0 Å². The van der Waals surface area contributed by atoms with E-state index in [1.165, 1.54) is 0 Å². The Labute approximate surface area is 235 Å². The number of hydrogen-bond donors (Lipinski definition) is 0. The van der Waals surface area contributed by atoms with Gasteiger partial charge >= 0.3 is 6.09 Å². The molecule has 39 heavy (non-hydrogen) atoms. The molecule has 0 unspecified atom stereocenters. The van der Waals surface area contributed by atoms with E-state index in [2.05, 4.69) is 19.1 Å². The fourth-order valence-corrected chi connectivity index (χ4v) is 5.09. The molecule has 3 aromatic rings. The maximum atomic E-state index is 12.3. The van der Waals surface area contributed by atoms with E-state index in [-0.39, 0.29) is 11.7 Å². The molecule has 1 aliphatic heterocycles. The third kappa shape index (κ3) is 8.05. The molecule has 1 fully saturated rings. The van der Waals surface area contributed by atoms with Gasteiger partial charge in [0, 0.05) is 48.4 Å². The van der Waals surface area contributed by atoms with Crippen molar-refractivity contribution in [1.82, 2.24) is 9.47 Å². The molecule has 1 amide bonds. The van der Waals surface area contributed by atoms with Gasteiger partial charge in [-0.3, -0.25) is 4.79 Å². The van der Waals surface area contributed by atoms with Crippen LogP contribution in [0, 0.1) is 5.92 Å². The summed E-state index contributed by atoms with van der Waals surface area (Å²) in [5, 5.41) is 0. The van der Waals surface area contributed by atoms with E-state index < -0.39 is 5.60 Å². The Kier molecular flexibility index (Phi) is 9.28. The molecule has 2 aromatic carbocycles. The van der Waals surface area contributed by atoms with Crippen LogP contribution in [0.4, 0.5) is 4.79 Å².